The molecule has 1 saturated heterocycles. The number of aliphatic hydroxyl groups is 1. The van der Waals surface area contributed by atoms with Crippen LogP contribution in [0.15, 0.2) is 24.3 Å². The van der Waals surface area contributed by atoms with Crippen molar-refractivity contribution in [3.8, 4) is 5.75 Å². The van der Waals surface area contributed by atoms with Crippen LogP contribution in [-0.4, -0.2) is 52.3 Å². The molecule has 0 spiro atoms. The van der Waals surface area contributed by atoms with E-state index in [0.717, 1.165) is 12.2 Å². The fourth-order valence-electron chi connectivity index (χ4n) is 2.58. The van der Waals surface area contributed by atoms with Gasteiger partial charge in [-0.25, -0.2) is 4.79 Å². The van der Waals surface area contributed by atoms with Crippen molar-refractivity contribution in [2.45, 2.75) is 38.7 Å². The van der Waals surface area contributed by atoms with E-state index >= 15 is 0 Å². The summed E-state index contributed by atoms with van der Waals surface area (Å²) < 4.78 is 5.63. The summed E-state index contributed by atoms with van der Waals surface area (Å²) in [4.78, 5) is 25.0. The second-order valence-electron chi connectivity index (χ2n) is 6.68. The highest BCUT2D eigenvalue weighted by molar-refractivity contribution is 5.94. The van der Waals surface area contributed by atoms with E-state index in [9.17, 15) is 14.7 Å². The van der Waals surface area contributed by atoms with Gasteiger partial charge in [0.1, 0.15) is 5.75 Å². The summed E-state index contributed by atoms with van der Waals surface area (Å²) in [5.74, 6) is -0.0748. The number of piperidine rings is 1. The molecular formula is C18H25NO5. The van der Waals surface area contributed by atoms with Gasteiger partial charge in [0.05, 0.1) is 6.61 Å². The highest BCUT2D eigenvalue weighted by Crippen LogP contribution is 2.24. The lowest BCUT2D eigenvalue weighted by Crippen LogP contribution is -2.50. The summed E-state index contributed by atoms with van der Waals surface area (Å²) in [5.41, 5.74) is -1.18. The van der Waals surface area contributed by atoms with Crippen LogP contribution in [0.3, 0.4) is 0 Å². The van der Waals surface area contributed by atoms with Gasteiger partial charge in [-0.05, 0) is 36.6 Å². The standard InChI is InChI=1S/C18H25NO5/c1-13(2)7-12-24-15-5-3-14(4-6-15)16(20)19-10-8-18(23,9-11-19)17(21)22/h3-6,13,23H,7-12H2,1-2H3,(H,21,22). The number of likely N-dealkylation sites (tertiary alicyclic amines) is 1. The minimum Gasteiger partial charge on any atom is -0.494 e. The van der Waals surface area contributed by atoms with Gasteiger partial charge in [0, 0.05) is 31.5 Å². The average Bonchev–Trinajstić information content (AvgIpc) is 2.55. The molecule has 1 amide bonds. The SMILES string of the molecule is CC(C)CCOc1ccc(C(=O)N2CCC(O)(C(=O)O)CC2)cc1. The molecule has 0 atom stereocenters. The van der Waals surface area contributed by atoms with Crippen LogP contribution in [0.4, 0.5) is 0 Å². The number of benzene rings is 1. The number of ether oxygens (including phenoxy) is 1. The Bertz CT molecular complexity index is 574. The number of carboxylic acid groups (broad SMARTS) is 1. The predicted molar refractivity (Wildman–Crippen MR) is 89.1 cm³/mol. The molecule has 0 aliphatic carbocycles. The van der Waals surface area contributed by atoms with Crippen LogP contribution in [0.1, 0.15) is 43.5 Å². The zero-order valence-corrected chi connectivity index (χ0v) is 14.2. The predicted octanol–water partition coefficient (Wildman–Crippen LogP) is 2.16. The Morgan fingerprint density at radius 3 is 2.29 bits per heavy atom. The van der Waals surface area contributed by atoms with Gasteiger partial charge in [-0.15, -0.1) is 0 Å². The van der Waals surface area contributed by atoms with Gasteiger partial charge in [-0.1, -0.05) is 13.8 Å². The molecule has 1 aliphatic rings. The Labute approximate surface area is 142 Å². The highest BCUT2D eigenvalue weighted by Gasteiger charge is 2.40. The maximum absolute atomic E-state index is 12.5. The van der Waals surface area contributed by atoms with Crippen molar-refractivity contribution in [3.63, 3.8) is 0 Å². The van der Waals surface area contributed by atoms with Crippen molar-refractivity contribution in [1.82, 2.24) is 4.90 Å². The smallest absolute Gasteiger partial charge is 0.335 e. The zero-order chi connectivity index (χ0) is 17.7. The summed E-state index contributed by atoms with van der Waals surface area (Å²) in [7, 11) is 0. The lowest BCUT2D eigenvalue weighted by atomic mass is 9.91. The number of amides is 1. The molecule has 24 heavy (non-hydrogen) atoms. The summed E-state index contributed by atoms with van der Waals surface area (Å²) in [6.07, 6.45) is 1.07. The van der Waals surface area contributed by atoms with Crippen LogP contribution < -0.4 is 4.74 Å². The van der Waals surface area contributed by atoms with Crippen molar-refractivity contribution in [2.75, 3.05) is 19.7 Å². The molecule has 6 heteroatoms. The summed E-state index contributed by atoms with van der Waals surface area (Å²) in [6.45, 7) is 5.37. The monoisotopic (exact) mass is 335 g/mol. The number of hydrogen-bond donors (Lipinski definition) is 2. The van der Waals surface area contributed by atoms with E-state index in [1.807, 2.05) is 0 Å². The molecule has 0 aromatic heterocycles. The summed E-state index contributed by atoms with van der Waals surface area (Å²) in [5, 5.41) is 18.9. The van der Waals surface area contributed by atoms with E-state index in [1.165, 1.54) is 0 Å². The lowest BCUT2D eigenvalue weighted by molar-refractivity contribution is -0.162. The minimum absolute atomic E-state index is 0.0461. The first-order valence-corrected chi connectivity index (χ1v) is 8.30. The molecule has 1 heterocycles. The number of nitrogens with zero attached hydrogens (tertiary/aromatic N) is 1. The Hall–Kier alpha value is -2.08. The molecule has 2 rings (SSSR count). The third-order valence-corrected chi connectivity index (χ3v) is 4.34. The van der Waals surface area contributed by atoms with Gasteiger partial charge >= 0.3 is 5.97 Å². The van der Waals surface area contributed by atoms with E-state index in [2.05, 4.69) is 13.8 Å². The third-order valence-electron chi connectivity index (χ3n) is 4.34. The molecule has 0 saturated carbocycles. The van der Waals surface area contributed by atoms with Crippen LogP contribution in [-0.2, 0) is 4.79 Å². The van der Waals surface area contributed by atoms with Gasteiger partial charge in [0.25, 0.3) is 5.91 Å². The Balaban J connectivity index is 1.90. The number of carbonyl (C=O) groups is 2. The maximum Gasteiger partial charge on any atom is 0.335 e. The zero-order valence-electron chi connectivity index (χ0n) is 14.2. The molecule has 0 unspecified atom stereocenters. The normalized spacial score (nSPS) is 16.9. The van der Waals surface area contributed by atoms with Gasteiger partial charge in [0.15, 0.2) is 5.60 Å². The van der Waals surface area contributed by atoms with Crippen LogP contribution in [0.2, 0.25) is 0 Å². The van der Waals surface area contributed by atoms with Crippen molar-refractivity contribution in [2.24, 2.45) is 5.92 Å². The van der Waals surface area contributed by atoms with Crippen LogP contribution in [0.5, 0.6) is 5.75 Å². The number of hydrogen-bond acceptors (Lipinski definition) is 4. The van der Waals surface area contributed by atoms with E-state index < -0.39 is 11.6 Å². The fraction of sp³-hybridized carbons (Fsp3) is 0.556. The molecule has 1 aromatic rings. The Morgan fingerprint density at radius 1 is 1.21 bits per heavy atom. The fourth-order valence-corrected chi connectivity index (χ4v) is 2.58. The maximum atomic E-state index is 12.5. The van der Waals surface area contributed by atoms with Crippen LogP contribution in [0.25, 0.3) is 0 Å². The van der Waals surface area contributed by atoms with E-state index in [4.69, 9.17) is 9.84 Å². The molecule has 132 valence electrons. The largest absolute Gasteiger partial charge is 0.494 e. The van der Waals surface area contributed by atoms with Crippen molar-refractivity contribution < 1.29 is 24.5 Å². The Kier molecular flexibility index (Phi) is 5.83. The third kappa shape index (κ3) is 4.47. The molecule has 0 radical (unpaired) electrons. The van der Waals surface area contributed by atoms with Gasteiger partial charge in [0.2, 0.25) is 0 Å². The minimum atomic E-state index is -1.72. The number of carbonyl (C=O) groups excluding carboxylic acids is 1. The average molecular weight is 335 g/mol. The van der Waals surface area contributed by atoms with Crippen molar-refractivity contribution >= 4 is 11.9 Å². The molecule has 0 bridgehead atoms. The van der Waals surface area contributed by atoms with Gasteiger partial charge in [-0.3, -0.25) is 4.79 Å². The lowest BCUT2D eigenvalue weighted by Gasteiger charge is -2.35. The van der Waals surface area contributed by atoms with Crippen LogP contribution >= 0.6 is 0 Å². The molecule has 1 fully saturated rings. The first-order valence-electron chi connectivity index (χ1n) is 8.30. The number of rotatable bonds is 6. The molecule has 1 aliphatic heterocycles. The summed E-state index contributed by atoms with van der Waals surface area (Å²) in [6, 6.07) is 6.96. The second-order valence-corrected chi connectivity index (χ2v) is 6.68. The second kappa shape index (κ2) is 7.66. The molecule has 1 aromatic carbocycles. The van der Waals surface area contributed by atoms with Gasteiger partial charge in [-0.2, -0.15) is 0 Å². The molecule has 6 nitrogen and oxygen atoms in total. The molecular weight excluding hydrogens is 310 g/mol. The highest BCUT2D eigenvalue weighted by atomic mass is 16.5. The molecule has 2 N–H and O–H groups in total. The first-order chi connectivity index (χ1) is 11.3. The van der Waals surface area contributed by atoms with E-state index in [-0.39, 0.29) is 31.8 Å². The quantitative estimate of drug-likeness (QED) is 0.832. The Morgan fingerprint density at radius 2 is 1.79 bits per heavy atom. The summed E-state index contributed by atoms with van der Waals surface area (Å²) >= 11 is 0. The number of aliphatic carboxylic acids is 1. The van der Waals surface area contributed by atoms with E-state index in [1.54, 1.807) is 29.2 Å². The van der Waals surface area contributed by atoms with E-state index in [0.29, 0.717) is 18.1 Å². The van der Waals surface area contributed by atoms with Gasteiger partial charge < -0.3 is 19.8 Å². The number of carboxylic acids is 1. The van der Waals surface area contributed by atoms with Crippen molar-refractivity contribution in [3.05, 3.63) is 29.8 Å². The topological polar surface area (TPSA) is 87.1 Å². The first kappa shape index (κ1) is 18.3. The van der Waals surface area contributed by atoms with Crippen molar-refractivity contribution in [1.29, 1.82) is 0 Å². The van der Waals surface area contributed by atoms with Crippen LogP contribution in [0, 0.1) is 5.92 Å².